The molecule has 1 heterocycles. The average molecular weight is 290 g/mol. The maximum atomic E-state index is 11.7. The fraction of sp³-hybridized carbons (Fsp3) is 0.444. The second kappa shape index (κ2) is 6.29. The maximum Gasteiger partial charge on any atom is 0.322 e. The molecule has 1 aromatic heterocycles. The zero-order valence-electron chi connectivity index (χ0n) is 10.2. The summed E-state index contributed by atoms with van der Waals surface area (Å²) in [6.45, 7) is 1.28. The lowest BCUT2D eigenvalue weighted by Gasteiger charge is -2.04. The topological polar surface area (TPSA) is 130 Å². The van der Waals surface area contributed by atoms with Gasteiger partial charge in [-0.1, -0.05) is 0 Å². The molecule has 3 N–H and O–H groups in total. The number of sulfonamides is 1. The quantitative estimate of drug-likeness (QED) is 0.553. The fourth-order valence-electron chi connectivity index (χ4n) is 1.12. The van der Waals surface area contributed by atoms with E-state index in [1.165, 1.54) is 12.5 Å². The summed E-state index contributed by atoms with van der Waals surface area (Å²) in [6, 6.07) is 0. The first-order chi connectivity index (χ1) is 8.85. The predicted molar refractivity (Wildman–Crippen MR) is 63.7 cm³/mol. The number of carbonyl (C=O) groups is 2. The number of carbonyl (C=O) groups excluding carboxylic acids is 1. The predicted octanol–water partition coefficient (Wildman–Crippen LogP) is -1.62. The summed E-state index contributed by atoms with van der Waals surface area (Å²) in [7, 11) is -3.87. The van der Waals surface area contributed by atoms with Crippen molar-refractivity contribution in [3.8, 4) is 0 Å². The van der Waals surface area contributed by atoms with Gasteiger partial charge in [-0.15, -0.1) is 0 Å². The minimum Gasteiger partial charge on any atom is -0.480 e. The summed E-state index contributed by atoms with van der Waals surface area (Å²) in [4.78, 5) is 25.1. The van der Waals surface area contributed by atoms with Crippen LogP contribution >= 0.6 is 0 Å². The third kappa shape index (κ3) is 4.67. The Morgan fingerprint density at radius 2 is 2.11 bits per heavy atom. The van der Waals surface area contributed by atoms with Gasteiger partial charge in [0.2, 0.25) is 5.91 Å². The highest BCUT2D eigenvalue weighted by Crippen LogP contribution is 2.04. The van der Waals surface area contributed by atoms with Crippen LogP contribution in [0.2, 0.25) is 0 Å². The molecule has 0 aliphatic carbocycles. The number of amides is 1. The molecular formula is C9H14N4O5S. The molecule has 106 valence electrons. The fourth-order valence-corrected chi connectivity index (χ4v) is 2.05. The zero-order chi connectivity index (χ0) is 14.5. The molecule has 9 nitrogen and oxygen atoms in total. The molecule has 0 atom stereocenters. The van der Waals surface area contributed by atoms with Gasteiger partial charge in [0.15, 0.2) is 5.03 Å². The van der Waals surface area contributed by atoms with E-state index in [9.17, 15) is 18.0 Å². The van der Waals surface area contributed by atoms with Crippen LogP contribution in [0.4, 0.5) is 0 Å². The molecule has 10 heteroatoms. The summed E-state index contributed by atoms with van der Waals surface area (Å²) < 4.78 is 27.0. The molecule has 0 fully saturated rings. The molecule has 0 aromatic carbocycles. The number of imidazole rings is 1. The Hall–Kier alpha value is -1.94. The molecule has 0 unspecified atom stereocenters. The lowest BCUT2D eigenvalue weighted by molar-refractivity contribution is -0.137. The van der Waals surface area contributed by atoms with Crippen molar-refractivity contribution in [1.29, 1.82) is 0 Å². The highest BCUT2D eigenvalue weighted by Gasteiger charge is 2.18. The van der Waals surface area contributed by atoms with Crippen molar-refractivity contribution in [2.24, 2.45) is 0 Å². The maximum absolute atomic E-state index is 11.7. The number of carboxylic acids is 1. The number of aromatic nitrogens is 2. The van der Waals surface area contributed by atoms with Crippen molar-refractivity contribution in [2.45, 2.75) is 18.5 Å². The van der Waals surface area contributed by atoms with E-state index in [4.69, 9.17) is 5.11 Å². The largest absolute Gasteiger partial charge is 0.480 e. The van der Waals surface area contributed by atoms with Crippen molar-refractivity contribution >= 4 is 21.9 Å². The number of hydrogen-bond donors (Lipinski definition) is 3. The Kier molecular flexibility index (Phi) is 5.01. The van der Waals surface area contributed by atoms with E-state index < -0.39 is 35.0 Å². The molecule has 19 heavy (non-hydrogen) atoms. The molecule has 0 radical (unpaired) electrons. The molecule has 0 saturated carbocycles. The summed E-state index contributed by atoms with van der Waals surface area (Å²) in [5.41, 5.74) is 0. The Morgan fingerprint density at radius 3 is 2.63 bits per heavy atom. The minimum absolute atomic E-state index is 0.194. The summed E-state index contributed by atoms with van der Waals surface area (Å²) in [5, 5.41) is 10.2. The van der Waals surface area contributed by atoms with Gasteiger partial charge in [-0.05, 0) is 6.92 Å². The number of nitrogens with zero attached hydrogens (tertiary/aromatic N) is 2. The number of carboxylic acid groups (broad SMARTS) is 1. The van der Waals surface area contributed by atoms with Crippen molar-refractivity contribution in [3.63, 3.8) is 0 Å². The van der Waals surface area contributed by atoms with Gasteiger partial charge in [0, 0.05) is 12.7 Å². The van der Waals surface area contributed by atoms with Gasteiger partial charge in [0.25, 0.3) is 10.0 Å². The van der Waals surface area contributed by atoms with E-state index >= 15 is 0 Å². The number of aliphatic carboxylic acids is 1. The number of nitrogens with one attached hydrogen (secondary N) is 2. The highest BCUT2D eigenvalue weighted by molar-refractivity contribution is 7.89. The standard InChI is InChI=1S/C9H14N4O5S/c1-2-13-5-8(11-6-13)19(17,18)12-3-7(14)10-4-9(15)16/h5-6,12H,2-4H2,1H3,(H,10,14)(H,15,16). The molecule has 1 rings (SSSR count). The molecule has 0 saturated heterocycles. The average Bonchev–Trinajstić information content (AvgIpc) is 2.83. The Labute approximate surface area is 109 Å². The van der Waals surface area contributed by atoms with Crippen molar-refractivity contribution in [3.05, 3.63) is 12.5 Å². The van der Waals surface area contributed by atoms with E-state index in [2.05, 4.69) is 4.98 Å². The third-order valence-electron chi connectivity index (χ3n) is 2.11. The van der Waals surface area contributed by atoms with E-state index in [1.54, 1.807) is 4.57 Å². The SMILES string of the molecule is CCn1cnc(S(=O)(=O)NCC(=O)NCC(=O)O)c1. The van der Waals surface area contributed by atoms with E-state index in [0.29, 0.717) is 6.54 Å². The molecular weight excluding hydrogens is 276 g/mol. The van der Waals surface area contributed by atoms with Crippen LogP contribution in [0.15, 0.2) is 17.6 Å². The van der Waals surface area contributed by atoms with Gasteiger partial charge in [-0.25, -0.2) is 18.1 Å². The molecule has 1 aromatic rings. The van der Waals surface area contributed by atoms with Gasteiger partial charge in [-0.2, -0.15) is 0 Å². The zero-order valence-corrected chi connectivity index (χ0v) is 11.0. The van der Waals surface area contributed by atoms with E-state index in [0.717, 1.165) is 0 Å². The van der Waals surface area contributed by atoms with Crippen LogP contribution in [0.5, 0.6) is 0 Å². The van der Waals surface area contributed by atoms with Crippen LogP contribution in [-0.2, 0) is 26.2 Å². The summed E-state index contributed by atoms with van der Waals surface area (Å²) in [6.07, 6.45) is 2.69. The Morgan fingerprint density at radius 1 is 1.42 bits per heavy atom. The smallest absolute Gasteiger partial charge is 0.322 e. The first-order valence-corrected chi connectivity index (χ1v) is 6.83. The van der Waals surface area contributed by atoms with Gasteiger partial charge >= 0.3 is 5.97 Å². The molecule has 0 spiro atoms. The Bertz CT molecular complexity index is 565. The lowest BCUT2D eigenvalue weighted by atomic mass is 10.5. The lowest BCUT2D eigenvalue weighted by Crippen LogP contribution is -2.39. The molecule has 0 bridgehead atoms. The van der Waals surface area contributed by atoms with Gasteiger partial charge in [0.1, 0.15) is 6.54 Å². The molecule has 1 amide bonds. The number of rotatable bonds is 7. The van der Waals surface area contributed by atoms with Gasteiger partial charge in [0.05, 0.1) is 12.9 Å². The van der Waals surface area contributed by atoms with Crippen LogP contribution in [0, 0.1) is 0 Å². The van der Waals surface area contributed by atoms with Crippen LogP contribution in [-0.4, -0.2) is 48.0 Å². The van der Waals surface area contributed by atoms with Gasteiger partial charge in [-0.3, -0.25) is 9.59 Å². The molecule has 0 aliphatic heterocycles. The Balaban J connectivity index is 2.56. The number of aryl methyl sites for hydroxylation is 1. The second-order valence-electron chi connectivity index (χ2n) is 3.54. The second-order valence-corrected chi connectivity index (χ2v) is 5.25. The minimum atomic E-state index is -3.87. The number of hydrogen-bond acceptors (Lipinski definition) is 5. The normalized spacial score (nSPS) is 11.2. The summed E-state index contributed by atoms with van der Waals surface area (Å²) in [5.74, 6) is -1.95. The van der Waals surface area contributed by atoms with Crippen LogP contribution in [0.25, 0.3) is 0 Å². The van der Waals surface area contributed by atoms with Crippen LogP contribution in [0.1, 0.15) is 6.92 Å². The van der Waals surface area contributed by atoms with Crippen LogP contribution in [0.3, 0.4) is 0 Å². The van der Waals surface area contributed by atoms with Crippen molar-refractivity contribution < 1.29 is 23.1 Å². The first-order valence-electron chi connectivity index (χ1n) is 5.35. The van der Waals surface area contributed by atoms with Crippen molar-refractivity contribution in [1.82, 2.24) is 19.6 Å². The molecule has 0 aliphatic rings. The van der Waals surface area contributed by atoms with Crippen LogP contribution < -0.4 is 10.0 Å². The summed E-state index contributed by atoms with van der Waals surface area (Å²) >= 11 is 0. The van der Waals surface area contributed by atoms with Crippen molar-refractivity contribution in [2.75, 3.05) is 13.1 Å². The van der Waals surface area contributed by atoms with E-state index in [-0.39, 0.29) is 5.03 Å². The van der Waals surface area contributed by atoms with Gasteiger partial charge < -0.3 is 15.0 Å². The van der Waals surface area contributed by atoms with E-state index in [1.807, 2.05) is 17.0 Å². The monoisotopic (exact) mass is 290 g/mol. The first kappa shape index (κ1) is 15.1. The highest BCUT2D eigenvalue weighted by atomic mass is 32.2. The third-order valence-corrected chi connectivity index (χ3v) is 3.40.